The van der Waals surface area contributed by atoms with Gasteiger partial charge in [0, 0.05) is 24.5 Å². The van der Waals surface area contributed by atoms with Crippen molar-refractivity contribution >= 4 is 33.2 Å². The molecule has 0 aliphatic rings. The highest BCUT2D eigenvalue weighted by Crippen LogP contribution is 2.17. The number of halogens is 1. The molecule has 1 aromatic rings. The van der Waals surface area contributed by atoms with Crippen LogP contribution in [0.2, 0.25) is 0 Å². The van der Waals surface area contributed by atoms with Crippen molar-refractivity contribution in [1.82, 2.24) is 0 Å². The number of aliphatic hydroxyl groups is 1. The maximum absolute atomic E-state index is 11.2. The molecule has 2 N–H and O–H groups in total. The summed E-state index contributed by atoms with van der Waals surface area (Å²) in [6.07, 6.45) is 0. The van der Waals surface area contributed by atoms with Crippen LogP contribution < -0.4 is 10.2 Å². The Hall–Kier alpha value is -1.07. The molecule has 0 bridgehead atoms. The Morgan fingerprint density at radius 3 is 2.53 bits per heavy atom. The number of carbonyl (C=O) groups excluding carboxylic acids is 1. The van der Waals surface area contributed by atoms with Gasteiger partial charge in [-0.1, -0.05) is 15.9 Å². The fourth-order valence-corrected chi connectivity index (χ4v) is 1.68. The molecule has 0 saturated heterocycles. The normalized spacial score (nSPS) is 10.1. The van der Waals surface area contributed by atoms with Crippen LogP contribution in [0.15, 0.2) is 24.3 Å². The van der Waals surface area contributed by atoms with E-state index in [0.29, 0.717) is 11.9 Å². The summed E-state index contributed by atoms with van der Waals surface area (Å²) >= 11 is 3.09. The van der Waals surface area contributed by atoms with Crippen molar-refractivity contribution in [3.05, 3.63) is 24.3 Å². The van der Waals surface area contributed by atoms with Gasteiger partial charge in [-0.2, -0.15) is 0 Å². The summed E-state index contributed by atoms with van der Waals surface area (Å²) < 4.78 is 0. The number of hydrogen-bond donors (Lipinski definition) is 2. The Morgan fingerprint density at radius 1 is 1.41 bits per heavy atom. The van der Waals surface area contributed by atoms with Crippen molar-refractivity contribution in [3.8, 4) is 0 Å². The molecule has 94 valence electrons. The van der Waals surface area contributed by atoms with Crippen LogP contribution in [0.4, 0.5) is 11.4 Å². The second-order valence-electron chi connectivity index (χ2n) is 3.53. The number of anilines is 2. The standard InChI is InChI=1S/C12H17BrN2O2/c1-2-15(7-8-16)11-5-3-10(4-6-11)14-12(17)9-13/h3-6,16H,2,7-9H2,1H3,(H,14,17). The van der Waals surface area contributed by atoms with Gasteiger partial charge in [0.25, 0.3) is 0 Å². The van der Waals surface area contributed by atoms with Crippen molar-refractivity contribution in [2.75, 3.05) is 35.2 Å². The largest absolute Gasteiger partial charge is 0.395 e. The summed E-state index contributed by atoms with van der Waals surface area (Å²) in [6.45, 7) is 3.63. The van der Waals surface area contributed by atoms with Gasteiger partial charge in [-0.3, -0.25) is 4.79 Å². The van der Waals surface area contributed by atoms with Crippen LogP contribution in [0.25, 0.3) is 0 Å². The summed E-state index contributed by atoms with van der Waals surface area (Å²) in [5.41, 5.74) is 1.82. The van der Waals surface area contributed by atoms with Gasteiger partial charge in [0.15, 0.2) is 0 Å². The lowest BCUT2D eigenvalue weighted by Crippen LogP contribution is -2.26. The third-order valence-electron chi connectivity index (χ3n) is 2.39. The van der Waals surface area contributed by atoms with Gasteiger partial charge in [0.05, 0.1) is 11.9 Å². The van der Waals surface area contributed by atoms with Gasteiger partial charge >= 0.3 is 0 Å². The number of likely N-dealkylation sites (N-methyl/N-ethyl adjacent to an activating group) is 1. The predicted octanol–water partition coefficient (Wildman–Crippen LogP) is 1.84. The molecule has 0 aliphatic carbocycles. The molecule has 0 unspecified atom stereocenters. The number of alkyl halides is 1. The zero-order valence-corrected chi connectivity index (χ0v) is 11.4. The lowest BCUT2D eigenvalue weighted by atomic mass is 10.2. The number of nitrogens with zero attached hydrogens (tertiary/aromatic N) is 1. The van der Waals surface area contributed by atoms with E-state index in [2.05, 4.69) is 26.1 Å². The van der Waals surface area contributed by atoms with Crippen LogP contribution in [0.5, 0.6) is 0 Å². The molecule has 0 atom stereocenters. The van der Waals surface area contributed by atoms with Gasteiger partial charge in [0.1, 0.15) is 0 Å². The third-order valence-corrected chi connectivity index (χ3v) is 2.90. The fraction of sp³-hybridized carbons (Fsp3) is 0.417. The molecule has 0 spiro atoms. The Bertz CT molecular complexity index is 354. The summed E-state index contributed by atoms with van der Waals surface area (Å²) in [6, 6.07) is 7.58. The van der Waals surface area contributed by atoms with Crippen LogP contribution in [0, 0.1) is 0 Å². The molecule has 0 heterocycles. The SMILES string of the molecule is CCN(CCO)c1ccc(NC(=O)CBr)cc1. The van der Waals surface area contributed by atoms with E-state index in [4.69, 9.17) is 5.11 Å². The van der Waals surface area contributed by atoms with Crippen molar-refractivity contribution in [3.63, 3.8) is 0 Å². The number of carbonyl (C=O) groups is 1. The summed E-state index contributed by atoms with van der Waals surface area (Å²) in [5, 5.41) is 12.0. The average Bonchev–Trinajstić information content (AvgIpc) is 2.37. The number of amides is 1. The molecule has 0 aromatic heterocycles. The molecule has 0 radical (unpaired) electrons. The van der Waals surface area contributed by atoms with E-state index in [-0.39, 0.29) is 12.5 Å². The summed E-state index contributed by atoms with van der Waals surface area (Å²) in [7, 11) is 0. The van der Waals surface area contributed by atoms with E-state index in [0.717, 1.165) is 17.9 Å². The fourth-order valence-electron chi connectivity index (χ4n) is 1.54. The van der Waals surface area contributed by atoms with E-state index in [1.165, 1.54) is 0 Å². The highest BCUT2D eigenvalue weighted by atomic mass is 79.9. The van der Waals surface area contributed by atoms with E-state index in [9.17, 15) is 4.79 Å². The molecule has 17 heavy (non-hydrogen) atoms. The molecule has 0 fully saturated rings. The lowest BCUT2D eigenvalue weighted by Gasteiger charge is -2.22. The Kier molecular flexibility index (Phi) is 6.00. The molecule has 0 aliphatic heterocycles. The topological polar surface area (TPSA) is 52.6 Å². The first kappa shape index (κ1) is 14.0. The van der Waals surface area contributed by atoms with E-state index < -0.39 is 0 Å². The highest BCUT2D eigenvalue weighted by Gasteiger charge is 2.04. The van der Waals surface area contributed by atoms with Crippen LogP contribution >= 0.6 is 15.9 Å². The number of aliphatic hydroxyl groups excluding tert-OH is 1. The van der Waals surface area contributed by atoms with Gasteiger partial charge < -0.3 is 15.3 Å². The smallest absolute Gasteiger partial charge is 0.235 e. The number of nitrogens with one attached hydrogen (secondary N) is 1. The monoisotopic (exact) mass is 300 g/mol. The molecule has 1 rings (SSSR count). The van der Waals surface area contributed by atoms with Crippen LogP contribution in [0.1, 0.15) is 6.92 Å². The molecule has 1 amide bonds. The van der Waals surface area contributed by atoms with Gasteiger partial charge in [-0.15, -0.1) is 0 Å². The maximum Gasteiger partial charge on any atom is 0.235 e. The molecular formula is C12H17BrN2O2. The second-order valence-corrected chi connectivity index (χ2v) is 4.09. The first-order valence-electron chi connectivity index (χ1n) is 5.53. The number of hydrogen-bond acceptors (Lipinski definition) is 3. The Labute approximate surface area is 110 Å². The minimum atomic E-state index is -0.0690. The molecule has 5 heteroatoms. The predicted molar refractivity (Wildman–Crippen MR) is 73.8 cm³/mol. The zero-order valence-electron chi connectivity index (χ0n) is 9.82. The summed E-state index contributed by atoms with van der Waals surface area (Å²) in [4.78, 5) is 13.2. The lowest BCUT2D eigenvalue weighted by molar-refractivity contribution is -0.113. The molecule has 1 aromatic carbocycles. The maximum atomic E-state index is 11.2. The quantitative estimate of drug-likeness (QED) is 0.788. The van der Waals surface area contributed by atoms with Crippen LogP contribution in [0.3, 0.4) is 0 Å². The first-order chi connectivity index (χ1) is 8.21. The summed E-state index contributed by atoms with van der Waals surface area (Å²) in [5.74, 6) is -0.0690. The van der Waals surface area contributed by atoms with Crippen LogP contribution in [-0.4, -0.2) is 36.0 Å². The van der Waals surface area contributed by atoms with E-state index >= 15 is 0 Å². The van der Waals surface area contributed by atoms with E-state index in [1.54, 1.807) is 0 Å². The minimum absolute atomic E-state index is 0.0690. The number of benzene rings is 1. The highest BCUT2D eigenvalue weighted by molar-refractivity contribution is 9.09. The number of rotatable bonds is 6. The van der Waals surface area contributed by atoms with Crippen molar-refractivity contribution in [1.29, 1.82) is 0 Å². The molecular weight excluding hydrogens is 284 g/mol. The van der Waals surface area contributed by atoms with Crippen molar-refractivity contribution in [2.45, 2.75) is 6.92 Å². The zero-order chi connectivity index (χ0) is 12.7. The van der Waals surface area contributed by atoms with Crippen molar-refractivity contribution in [2.24, 2.45) is 0 Å². The van der Waals surface area contributed by atoms with Gasteiger partial charge in [-0.25, -0.2) is 0 Å². The second kappa shape index (κ2) is 7.29. The van der Waals surface area contributed by atoms with Gasteiger partial charge in [0.2, 0.25) is 5.91 Å². The van der Waals surface area contributed by atoms with E-state index in [1.807, 2.05) is 31.2 Å². The average molecular weight is 301 g/mol. The first-order valence-corrected chi connectivity index (χ1v) is 6.65. The van der Waals surface area contributed by atoms with Gasteiger partial charge in [-0.05, 0) is 31.2 Å². The molecule has 0 saturated carbocycles. The Balaban J connectivity index is 2.69. The Morgan fingerprint density at radius 2 is 2.06 bits per heavy atom. The van der Waals surface area contributed by atoms with Crippen LogP contribution in [-0.2, 0) is 4.79 Å². The molecule has 4 nitrogen and oxygen atoms in total. The third kappa shape index (κ3) is 4.36. The minimum Gasteiger partial charge on any atom is -0.395 e. The van der Waals surface area contributed by atoms with Crippen molar-refractivity contribution < 1.29 is 9.90 Å².